The molecule has 0 spiro atoms. The first-order valence-corrected chi connectivity index (χ1v) is 0.707. The van der Waals surface area contributed by atoms with Crippen LogP contribution < -0.4 is 0 Å². The molecule has 0 aliphatic rings. The van der Waals surface area contributed by atoms with Gasteiger partial charge in [0.05, 0.1) is 0 Å². The van der Waals surface area contributed by atoms with Crippen LogP contribution in [0.25, 0.3) is 12.3 Å². The minimum Gasteiger partial charge on any atom is -0.693 e. The van der Waals surface area contributed by atoms with Gasteiger partial charge in [0.2, 0.25) is 0 Å². The second-order valence-corrected chi connectivity index (χ2v) is 0. The van der Waals surface area contributed by atoms with E-state index < -0.39 is 0 Å². The largest absolute Gasteiger partial charge is 3.00 e. The second-order valence-electron chi connectivity index (χ2n) is 0. The summed E-state index contributed by atoms with van der Waals surface area (Å²) in [6, 6.07) is 0. The zero-order valence-corrected chi connectivity index (χ0v) is 4.24. The van der Waals surface area contributed by atoms with Crippen molar-refractivity contribution >= 4 is 0 Å². The fraction of sp³-hybridized carbons (Fsp3) is 0.500. The minimum atomic E-state index is 0. The van der Waals surface area contributed by atoms with Gasteiger partial charge in [0.15, 0.2) is 0 Å². The van der Waals surface area contributed by atoms with Crippen molar-refractivity contribution in [3.8, 4) is 0 Å². The Morgan fingerprint density at radius 2 is 1.00 bits per heavy atom. The first-order valence-electron chi connectivity index (χ1n) is 0.707. The molecule has 0 rings (SSSR count). The summed E-state index contributed by atoms with van der Waals surface area (Å²) in [5.41, 5.74) is 0. The summed E-state index contributed by atoms with van der Waals surface area (Å²) in [4.78, 5) is 0. The summed E-state index contributed by atoms with van der Waals surface area (Å²) < 4.78 is 0. The van der Waals surface area contributed by atoms with Crippen molar-refractivity contribution in [3.05, 3.63) is 19.2 Å². The van der Waals surface area contributed by atoms with Crippen molar-refractivity contribution in [2.75, 3.05) is 0 Å². The maximum atomic E-state index is 3.25. The van der Waals surface area contributed by atoms with E-state index in [0.29, 0.717) is 0 Å². The molecule has 0 aromatic heterocycles. The number of nitrogens with two attached hydrogens (primary N) is 2. The first-order chi connectivity index (χ1) is 1.00. The molecule has 0 heterocycles. The van der Waals surface area contributed by atoms with Crippen LogP contribution in [0.3, 0.4) is 0 Å². The van der Waals surface area contributed by atoms with Crippen molar-refractivity contribution in [3.63, 3.8) is 0 Å². The molecule has 0 aromatic rings. The van der Waals surface area contributed by atoms with E-state index in [1.54, 1.807) is 6.92 Å². The topological polar surface area (TPSA) is 67.0 Å². The Kier molecular flexibility index (Phi) is 2990. The van der Waals surface area contributed by atoms with E-state index in [9.17, 15) is 0 Å². The van der Waals surface area contributed by atoms with Gasteiger partial charge in [-0.3, -0.25) is 0 Å². The van der Waals surface area contributed by atoms with Crippen molar-refractivity contribution in [1.82, 2.24) is 0 Å². The van der Waals surface area contributed by atoms with Crippen molar-refractivity contribution in [1.29, 1.82) is 0 Å². The Labute approximate surface area is 43.7 Å². The zero-order valence-electron chi connectivity index (χ0n) is 3.20. The fourth-order valence-corrected chi connectivity index (χ4v) is 0. The third kappa shape index (κ3) is 143. The molecule has 2 nitrogen and oxygen atoms in total. The maximum absolute atomic E-state index is 3.25. The number of hydrogen-bond donors (Lipinski definition) is 0. The molecule has 3 heteroatoms. The van der Waals surface area contributed by atoms with Crippen LogP contribution in [0.1, 0.15) is 6.92 Å². The van der Waals surface area contributed by atoms with Gasteiger partial charge in [-0.2, -0.15) is 6.92 Å². The molecule has 0 fully saturated rings. The first kappa shape index (κ1) is 52.3. The number of rotatable bonds is 0. The van der Waals surface area contributed by atoms with Crippen LogP contribution in [0.5, 0.6) is 0 Å². The normalized spacial score (nSPS) is 1.20. The fourth-order valence-electron chi connectivity index (χ4n) is 0. The Bertz CT molecular complexity index is 7.61. The Morgan fingerprint density at radius 1 is 1.00 bits per heavy atom. The van der Waals surface area contributed by atoms with Crippen LogP contribution in [0.2, 0.25) is 0 Å². The summed E-state index contributed by atoms with van der Waals surface area (Å²) in [5.74, 6) is 0. The van der Waals surface area contributed by atoms with Gasteiger partial charge in [0.1, 0.15) is 0 Å². The standard InChI is InChI=1S/C2H5.Co.2H2N/c1-2;;;/h1H2,2H3;;2*1H2/q-1;+3;2*-1. The monoisotopic (exact) mass is 120 g/mol. The molecule has 0 bridgehead atoms. The van der Waals surface area contributed by atoms with Gasteiger partial charge in [-0.15, -0.1) is 0 Å². The van der Waals surface area contributed by atoms with Crippen molar-refractivity contribution in [2.45, 2.75) is 6.92 Å². The molecule has 4 N–H and O–H groups in total. The molecule has 0 amide bonds. The van der Waals surface area contributed by atoms with Gasteiger partial charge in [-0.25, -0.2) is 0 Å². The van der Waals surface area contributed by atoms with E-state index in [4.69, 9.17) is 0 Å². The summed E-state index contributed by atoms with van der Waals surface area (Å²) in [6.45, 7) is 5.00. The van der Waals surface area contributed by atoms with Crippen LogP contribution in [0, 0.1) is 6.92 Å². The van der Waals surface area contributed by atoms with Crippen molar-refractivity contribution in [2.24, 2.45) is 0 Å². The van der Waals surface area contributed by atoms with E-state index in [-0.39, 0.29) is 29.1 Å². The molecule has 0 aliphatic carbocycles. The molecular weight excluding hydrogens is 111 g/mol. The minimum absolute atomic E-state index is 0. The van der Waals surface area contributed by atoms with E-state index in [0.717, 1.165) is 0 Å². The average Bonchev–Trinajstić information content (AvgIpc) is 1.00. The molecule has 0 aliphatic heterocycles. The Balaban J connectivity index is -0.00000000167. The molecule has 0 unspecified atom stereocenters. The summed E-state index contributed by atoms with van der Waals surface area (Å²) >= 11 is 0. The van der Waals surface area contributed by atoms with Crippen LogP contribution in [0.4, 0.5) is 0 Å². The van der Waals surface area contributed by atoms with Crippen LogP contribution in [-0.2, 0) is 16.8 Å². The maximum Gasteiger partial charge on any atom is 3.00 e. The van der Waals surface area contributed by atoms with E-state index in [1.165, 1.54) is 0 Å². The zero-order chi connectivity index (χ0) is 2.00. The van der Waals surface area contributed by atoms with E-state index in [2.05, 4.69) is 6.92 Å². The van der Waals surface area contributed by atoms with Gasteiger partial charge >= 0.3 is 16.8 Å². The van der Waals surface area contributed by atoms with Gasteiger partial charge in [0, 0.05) is 0 Å². The summed E-state index contributed by atoms with van der Waals surface area (Å²) in [6.07, 6.45) is 0. The van der Waals surface area contributed by atoms with Gasteiger partial charge in [0.25, 0.3) is 0 Å². The molecule has 0 saturated carbocycles. The Hall–Kier alpha value is 0.426. The van der Waals surface area contributed by atoms with Crippen LogP contribution >= 0.6 is 0 Å². The van der Waals surface area contributed by atoms with Crippen LogP contribution in [-0.4, -0.2) is 0 Å². The van der Waals surface area contributed by atoms with Crippen molar-refractivity contribution < 1.29 is 16.8 Å². The smallest absolute Gasteiger partial charge is 0.693 e. The van der Waals surface area contributed by atoms with E-state index in [1.807, 2.05) is 0 Å². The summed E-state index contributed by atoms with van der Waals surface area (Å²) in [7, 11) is 0. The molecule has 0 atom stereocenters. The molecule has 0 saturated heterocycles. The number of hydrogen-bond acceptors (Lipinski definition) is 0. The SMILES string of the molecule is [CH2-]C.[Co+3].[NH2-].[NH2-]. The molecule has 0 aromatic carbocycles. The van der Waals surface area contributed by atoms with Gasteiger partial charge in [-0.05, 0) is 0 Å². The average molecular weight is 120 g/mol. The molecule has 5 heavy (non-hydrogen) atoms. The van der Waals surface area contributed by atoms with E-state index >= 15 is 0 Å². The Morgan fingerprint density at radius 3 is 1.00 bits per heavy atom. The molecular formula is C2H9CoN2. The quantitative estimate of drug-likeness (QED) is 0.440. The summed E-state index contributed by atoms with van der Waals surface area (Å²) in [5, 5.41) is 0. The predicted octanol–water partition coefficient (Wildman–Crippen LogP) is 2.27. The second kappa shape index (κ2) is 286. The predicted molar refractivity (Wildman–Crippen MR) is 21.6 cm³/mol. The third-order valence-electron chi connectivity index (χ3n) is 0. The van der Waals surface area contributed by atoms with Crippen LogP contribution in [0.15, 0.2) is 0 Å². The molecule has 0 radical (unpaired) electrons. The third-order valence-corrected chi connectivity index (χ3v) is 0. The van der Waals surface area contributed by atoms with Gasteiger partial charge < -0.3 is 19.2 Å². The molecule has 36 valence electrons. The van der Waals surface area contributed by atoms with Gasteiger partial charge in [-0.1, -0.05) is 0 Å².